The van der Waals surface area contributed by atoms with Crippen LogP contribution in [0.1, 0.15) is 13.8 Å². The summed E-state index contributed by atoms with van der Waals surface area (Å²) < 4.78 is 5.24. The van der Waals surface area contributed by atoms with Crippen molar-refractivity contribution in [2.75, 3.05) is 7.11 Å². The Hall–Kier alpha value is -0.800. The molecule has 3 nitrogen and oxygen atoms in total. The molecule has 4 atom stereocenters. The number of aliphatic hydroxyl groups excluding tert-OH is 1. The maximum atomic E-state index is 9.43. The summed E-state index contributed by atoms with van der Waals surface area (Å²) in [5.41, 5.74) is 5.91. The van der Waals surface area contributed by atoms with E-state index in [9.17, 15) is 5.11 Å². The highest BCUT2D eigenvalue weighted by atomic mass is 16.5. The van der Waals surface area contributed by atoms with Gasteiger partial charge in [-0.2, -0.15) is 0 Å². The standard InChI is InChI=1S/C11H19NO2/c1-7-9(11(12)8(2)13)5-4-6-10(7)14-3/h4-9,11,13H,12H2,1-3H3/t7?,8-,9?,11-/m1/s1. The van der Waals surface area contributed by atoms with Gasteiger partial charge in [-0.25, -0.2) is 0 Å². The summed E-state index contributed by atoms with van der Waals surface area (Å²) in [5, 5.41) is 9.43. The van der Waals surface area contributed by atoms with Crippen LogP contribution in [0.3, 0.4) is 0 Å². The van der Waals surface area contributed by atoms with Gasteiger partial charge in [0.2, 0.25) is 0 Å². The van der Waals surface area contributed by atoms with Crippen molar-refractivity contribution in [2.24, 2.45) is 17.6 Å². The Morgan fingerprint density at radius 2 is 2.21 bits per heavy atom. The lowest BCUT2D eigenvalue weighted by molar-refractivity contribution is 0.121. The van der Waals surface area contributed by atoms with Crippen LogP contribution in [0.2, 0.25) is 0 Å². The Morgan fingerprint density at radius 3 is 2.71 bits per heavy atom. The molecule has 14 heavy (non-hydrogen) atoms. The molecule has 3 N–H and O–H groups in total. The fourth-order valence-electron chi connectivity index (χ4n) is 1.82. The van der Waals surface area contributed by atoms with Crippen molar-refractivity contribution in [3.63, 3.8) is 0 Å². The van der Waals surface area contributed by atoms with Gasteiger partial charge in [-0.15, -0.1) is 0 Å². The molecule has 0 aromatic carbocycles. The largest absolute Gasteiger partial charge is 0.501 e. The van der Waals surface area contributed by atoms with Gasteiger partial charge in [0.15, 0.2) is 0 Å². The summed E-state index contributed by atoms with van der Waals surface area (Å²) in [6.07, 6.45) is 5.41. The number of rotatable bonds is 3. The van der Waals surface area contributed by atoms with E-state index >= 15 is 0 Å². The summed E-state index contributed by atoms with van der Waals surface area (Å²) >= 11 is 0. The molecule has 0 radical (unpaired) electrons. The highest BCUT2D eigenvalue weighted by Crippen LogP contribution is 2.29. The Balaban J connectivity index is 2.75. The summed E-state index contributed by atoms with van der Waals surface area (Å²) in [6, 6.07) is -0.236. The molecule has 80 valence electrons. The Kier molecular flexibility index (Phi) is 3.72. The topological polar surface area (TPSA) is 55.5 Å². The second-order valence-electron chi connectivity index (χ2n) is 3.84. The van der Waals surface area contributed by atoms with Crippen molar-refractivity contribution >= 4 is 0 Å². The van der Waals surface area contributed by atoms with E-state index in [0.717, 1.165) is 5.76 Å². The van der Waals surface area contributed by atoms with Crippen molar-refractivity contribution in [1.82, 2.24) is 0 Å². The quantitative estimate of drug-likeness (QED) is 0.711. The first kappa shape index (κ1) is 11.3. The zero-order valence-corrected chi connectivity index (χ0v) is 8.97. The smallest absolute Gasteiger partial charge is 0.0989 e. The molecule has 0 saturated heterocycles. The summed E-state index contributed by atoms with van der Waals surface area (Å²) in [4.78, 5) is 0. The Morgan fingerprint density at radius 1 is 1.57 bits per heavy atom. The van der Waals surface area contributed by atoms with Gasteiger partial charge in [0.05, 0.1) is 19.0 Å². The summed E-state index contributed by atoms with van der Waals surface area (Å²) in [7, 11) is 1.66. The van der Waals surface area contributed by atoms with Crippen LogP contribution in [0.25, 0.3) is 0 Å². The van der Waals surface area contributed by atoms with Gasteiger partial charge < -0.3 is 15.6 Å². The predicted octanol–water partition coefficient (Wildman–Crippen LogP) is 1.05. The van der Waals surface area contributed by atoms with Crippen LogP contribution in [0.5, 0.6) is 0 Å². The third kappa shape index (κ3) is 2.16. The van der Waals surface area contributed by atoms with Crippen molar-refractivity contribution in [2.45, 2.75) is 26.0 Å². The molecule has 0 aromatic heterocycles. The van der Waals surface area contributed by atoms with Crippen LogP contribution in [-0.2, 0) is 4.74 Å². The average molecular weight is 197 g/mol. The van der Waals surface area contributed by atoms with E-state index in [-0.39, 0.29) is 17.9 Å². The number of ether oxygens (including phenoxy) is 1. The minimum absolute atomic E-state index is 0.148. The fourth-order valence-corrected chi connectivity index (χ4v) is 1.82. The van der Waals surface area contributed by atoms with E-state index < -0.39 is 6.10 Å². The van der Waals surface area contributed by atoms with E-state index in [2.05, 4.69) is 6.92 Å². The molecule has 0 amide bonds. The van der Waals surface area contributed by atoms with Crippen molar-refractivity contribution < 1.29 is 9.84 Å². The maximum absolute atomic E-state index is 9.43. The van der Waals surface area contributed by atoms with Gasteiger partial charge in [-0.1, -0.05) is 19.1 Å². The number of aliphatic hydroxyl groups is 1. The lowest BCUT2D eigenvalue weighted by Crippen LogP contribution is -2.42. The van der Waals surface area contributed by atoms with E-state index in [1.54, 1.807) is 14.0 Å². The maximum Gasteiger partial charge on any atom is 0.0989 e. The van der Waals surface area contributed by atoms with Gasteiger partial charge in [-0.3, -0.25) is 0 Å². The summed E-state index contributed by atoms with van der Waals surface area (Å²) in [5.74, 6) is 1.30. The van der Waals surface area contributed by atoms with Gasteiger partial charge in [0, 0.05) is 17.9 Å². The molecular weight excluding hydrogens is 178 g/mol. The normalized spacial score (nSPS) is 30.8. The molecule has 3 heteroatoms. The van der Waals surface area contributed by atoms with Crippen LogP contribution in [-0.4, -0.2) is 24.4 Å². The zero-order chi connectivity index (χ0) is 10.7. The van der Waals surface area contributed by atoms with Gasteiger partial charge in [0.25, 0.3) is 0 Å². The molecule has 0 saturated carbocycles. The first-order valence-corrected chi connectivity index (χ1v) is 4.94. The highest BCUT2D eigenvalue weighted by Gasteiger charge is 2.29. The molecule has 1 aliphatic rings. The monoisotopic (exact) mass is 197 g/mol. The van der Waals surface area contributed by atoms with E-state index in [4.69, 9.17) is 10.5 Å². The molecule has 0 heterocycles. The lowest BCUT2D eigenvalue weighted by atomic mass is 9.81. The van der Waals surface area contributed by atoms with Crippen LogP contribution < -0.4 is 5.73 Å². The van der Waals surface area contributed by atoms with Crippen molar-refractivity contribution in [3.05, 3.63) is 24.0 Å². The third-order valence-electron chi connectivity index (χ3n) is 2.86. The zero-order valence-electron chi connectivity index (χ0n) is 8.97. The molecule has 1 aliphatic carbocycles. The number of hydrogen-bond donors (Lipinski definition) is 2. The Bertz CT molecular complexity index is 246. The molecule has 0 aliphatic heterocycles. The first-order valence-electron chi connectivity index (χ1n) is 4.94. The molecular formula is C11H19NO2. The van der Waals surface area contributed by atoms with Crippen LogP contribution >= 0.6 is 0 Å². The number of nitrogens with two attached hydrogens (primary N) is 1. The van der Waals surface area contributed by atoms with E-state index in [0.29, 0.717) is 0 Å². The second-order valence-corrected chi connectivity index (χ2v) is 3.84. The lowest BCUT2D eigenvalue weighted by Gasteiger charge is -2.31. The van der Waals surface area contributed by atoms with E-state index in [1.165, 1.54) is 0 Å². The minimum atomic E-state index is -0.497. The van der Waals surface area contributed by atoms with Crippen LogP contribution in [0.15, 0.2) is 24.0 Å². The van der Waals surface area contributed by atoms with Gasteiger partial charge in [0.1, 0.15) is 0 Å². The number of hydrogen-bond acceptors (Lipinski definition) is 3. The second kappa shape index (κ2) is 4.62. The molecule has 0 fully saturated rings. The molecule has 0 aromatic rings. The SMILES string of the molecule is COC1=CC=CC([C@H](N)[C@@H](C)O)C1C. The Labute approximate surface area is 85.3 Å². The number of methoxy groups -OCH3 is 1. The molecule has 0 spiro atoms. The third-order valence-corrected chi connectivity index (χ3v) is 2.86. The fraction of sp³-hybridized carbons (Fsp3) is 0.636. The first-order chi connectivity index (χ1) is 6.57. The van der Waals surface area contributed by atoms with Crippen LogP contribution in [0, 0.1) is 11.8 Å². The van der Waals surface area contributed by atoms with Crippen molar-refractivity contribution in [3.8, 4) is 0 Å². The van der Waals surface area contributed by atoms with Crippen LogP contribution in [0.4, 0.5) is 0 Å². The van der Waals surface area contributed by atoms with Gasteiger partial charge in [-0.05, 0) is 13.0 Å². The predicted molar refractivity (Wildman–Crippen MR) is 56.5 cm³/mol. The average Bonchev–Trinajstić information content (AvgIpc) is 2.17. The van der Waals surface area contributed by atoms with Crippen molar-refractivity contribution in [1.29, 1.82) is 0 Å². The summed E-state index contributed by atoms with van der Waals surface area (Å²) in [6.45, 7) is 3.78. The number of allylic oxidation sites excluding steroid dienone is 3. The molecule has 0 bridgehead atoms. The van der Waals surface area contributed by atoms with E-state index in [1.807, 2.05) is 18.2 Å². The molecule has 1 rings (SSSR count). The van der Waals surface area contributed by atoms with Gasteiger partial charge >= 0.3 is 0 Å². The highest BCUT2D eigenvalue weighted by molar-refractivity contribution is 5.20. The minimum Gasteiger partial charge on any atom is -0.501 e. The molecule has 2 unspecified atom stereocenters.